The second-order valence-electron chi connectivity index (χ2n) is 3.20. The van der Waals surface area contributed by atoms with E-state index in [2.05, 4.69) is 0 Å². The van der Waals surface area contributed by atoms with Gasteiger partial charge in [0.2, 0.25) is 0 Å². The Labute approximate surface area is 60.6 Å². The molecule has 0 amide bonds. The van der Waals surface area contributed by atoms with E-state index >= 15 is 0 Å². The van der Waals surface area contributed by atoms with Gasteiger partial charge in [0.1, 0.15) is 0 Å². The van der Waals surface area contributed by atoms with Gasteiger partial charge in [-0.3, -0.25) is 0 Å². The third-order valence-corrected chi connectivity index (χ3v) is 1.67. The van der Waals surface area contributed by atoms with Crippen LogP contribution in [0.25, 0.3) is 0 Å². The molecule has 1 heterocycles. The molecule has 0 spiro atoms. The Bertz CT molecular complexity index is 110. The van der Waals surface area contributed by atoms with Crippen molar-refractivity contribution in [3.05, 3.63) is 0 Å². The van der Waals surface area contributed by atoms with E-state index in [0.29, 0.717) is 12.8 Å². The SMILES string of the molecule is CC1C[C@@H](O)C[C@](C)(O)O1. The van der Waals surface area contributed by atoms with Gasteiger partial charge in [-0.05, 0) is 20.3 Å². The molecule has 1 fully saturated rings. The topological polar surface area (TPSA) is 49.7 Å². The van der Waals surface area contributed by atoms with Gasteiger partial charge in [0.15, 0.2) is 5.79 Å². The van der Waals surface area contributed by atoms with Gasteiger partial charge in [0.05, 0.1) is 12.2 Å². The first-order valence-electron chi connectivity index (χ1n) is 3.58. The minimum absolute atomic E-state index is 0.0428. The fraction of sp³-hybridized carbons (Fsp3) is 1.00. The van der Waals surface area contributed by atoms with E-state index in [9.17, 15) is 10.2 Å². The van der Waals surface area contributed by atoms with E-state index in [0.717, 1.165) is 0 Å². The lowest BCUT2D eigenvalue weighted by atomic mass is 10.0. The molecule has 2 N–H and O–H groups in total. The van der Waals surface area contributed by atoms with Crippen molar-refractivity contribution < 1.29 is 14.9 Å². The first kappa shape index (κ1) is 7.98. The van der Waals surface area contributed by atoms with Gasteiger partial charge < -0.3 is 14.9 Å². The highest BCUT2D eigenvalue weighted by Gasteiger charge is 2.33. The van der Waals surface area contributed by atoms with Crippen LogP contribution in [0.1, 0.15) is 26.7 Å². The van der Waals surface area contributed by atoms with Gasteiger partial charge in [-0.15, -0.1) is 0 Å². The molecule has 3 nitrogen and oxygen atoms in total. The summed E-state index contributed by atoms with van der Waals surface area (Å²) in [5.41, 5.74) is 0. The molecule has 0 aliphatic carbocycles. The fourth-order valence-electron chi connectivity index (χ4n) is 1.43. The standard InChI is InChI=1S/C7H14O3/c1-5-3-6(8)4-7(2,9)10-5/h5-6,8-9H,3-4H2,1-2H3/t5?,6-,7-/m1/s1. The summed E-state index contributed by atoms with van der Waals surface area (Å²) in [7, 11) is 0. The first-order chi connectivity index (χ1) is 4.49. The number of rotatable bonds is 0. The van der Waals surface area contributed by atoms with Crippen LogP contribution in [0.2, 0.25) is 0 Å². The Kier molecular flexibility index (Phi) is 1.99. The van der Waals surface area contributed by atoms with E-state index < -0.39 is 11.9 Å². The third kappa shape index (κ3) is 1.94. The van der Waals surface area contributed by atoms with Crippen molar-refractivity contribution in [1.29, 1.82) is 0 Å². The summed E-state index contributed by atoms with van der Waals surface area (Å²) < 4.78 is 5.14. The zero-order valence-corrected chi connectivity index (χ0v) is 6.37. The molecule has 60 valence electrons. The third-order valence-electron chi connectivity index (χ3n) is 1.67. The Morgan fingerprint density at radius 3 is 2.60 bits per heavy atom. The molecule has 1 rings (SSSR count). The molecule has 10 heavy (non-hydrogen) atoms. The van der Waals surface area contributed by atoms with Crippen molar-refractivity contribution in [3.63, 3.8) is 0 Å². The minimum Gasteiger partial charge on any atom is -0.393 e. The lowest BCUT2D eigenvalue weighted by Gasteiger charge is -2.35. The van der Waals surface area contributed by atoms with Gasteiger partial charge in [-0.1, -0.05) is 0 Å². The molecule has 3 atom stereocenters. The van der Waals surface area contributed by atoms with Crippen LogP contribution < -0.4 is 0 Å². The second kappa shape index (κ2) is 2.49. The number of hydrogen-bond donors (Lipinski definition) is 2. The highest BCUT2D eigenvalue weighted by Crippen LogP contribution is 2.25. The van der Waals surface area contributed by atoms with Gasteiger partial charge in [-0.25, -0.2) is 0 Å². The van der Waals surface area contributed by atoms with Crippen LogP contribution in [0.5, 0.6) is 0 Å². The average Bonchev–Trinajstić information content (AvgIpc) is 1.54. The summed E-state index contributed by atoms with van der Waals surface area (Å²) in [6, 6.07) is 0. The lowest BCUT2D eigenvalue weighted by molar-refractivity contribution is -0.256. The molecule has 3 heteroatoms. The van der Waals surface area contributed by atoms with Gasteiger partial charge in [0, 0.05) is 6.42 Å². The van der Waals surface area contributed by atoms with Crippen LogP contribution in [0.3, 0.4) is 0 Å². The van der Waals surface area contributed by atoms with Crippen LogP contribution in [0.4, 0.5) is 0 Å². The smallest absolute Gasteiger partial charge is 0.165 e. The summed E-state index contributed by atoms with van der Waals surface area (Å²) in [5.74, 6) is -1.13. The van der Waals surface area contributed by atoms with Gasteiger partial charge in [0.25, 0.3) is 0 Å². The molecule has 0 aromatic rings. The normalized spacial score (nSPS) is 49.2. The molecule has 0 aromatic heterocycles. The highest BCUT2D eigenvalue weighted by molar-refractivity contribution is 4.76. The second-order valence-corrected chi connectivity index (χ2v) is 3.20. The Morgan fingerprint density at radius 2 is 2.20 bits per heavy atom. The van der Waals surface area contributed by atoms with Gasteiger partial charge in [-0.2, -0.15) is 0 Å². The maximum atomic E-state index is 9.33. The van der Waals surface area contributed by atoms with Crippen LogP contribution in [0, 0.1) is 0 Å². The van der Waals surface area contributed by atoms with Crippen LogP contribution in [-0.2, 0) is 4.74 Å². The summed E-state index contributed by atoms with van der Waals surface area (Å²) in [4.78, 5) is 0. The van der Waals surface area contributed by atoms with Gasteiger partial charge >= 0.3 is 0 Å². The van der Waals surface area contributed by atoms with Crippen molar-refractivity contribution in [2.45, 2.75) is 44.7 Å². The predicted molar refractivity (Wildman–Crippen MR) is 36.4 cm³/mol. The summed E-state index contributed by atoms with van der Waals surface area (Å²) in [5, 5.41) is 18.5. The van der Waals surface area contributed by atoms with E-state index in [1.807, 2.05) is 6.92 Å². The van der Waals surface area contributed by atoms with Crippen LogP contribution in [0.15, 0.2) is 0 Å². The van der Waals surface area contributed by atoms with Crippen LogP contribution in [-0.4, -0.2) is 28.2 Å². The number of hydrogen-bond acceptors (Lipinski definition) is 3. The predicted octanol–water partition coefficient (Wildman–Crippen LogP) is 0.255. The van der Waals surface area contributed by atoms with Crippen molar-refractivity contribution in [2.75, 3.05) is 0 Å². The van der Waals surface area contributed by atoms with E-state index in [-0.39, 0.29) is 6.10 Å². The summed E-state index contributed by atoms with van der Waals surface area (Å²) >= 11 is 0. The van der Waals surface area contributed by atoms with Crippen molar-refractivity contribution in [3.8, 4) is 0 Å². The zero-order chi connectivity index (χ0) is 7.78. The largest absolute Gasteiger partial charge is 0.393 e. The number of aliphatic hydroxyl groups excluding tert-OH is 1. The summed E-state index contributed by atoms with van der Waals surface area (Å²) in [6.45, 7) is 3.42. The molecule has 0 radical (unpaired) electrons. The molecular formula is C7H14O3. The summed E-state index contributed by atoms with van der Waals surface area (Å²) in [6.07, 6.45) is 0.477. The molecule has 1 saturated heterocycles. The maximum absolute atomic E-state index is 9.33. The quantitative estimate of drug-likeness (QED) is 0.515. The molecular weight excluding hydrogens is 132 g/mol. The minimum atomic E-state index is -1.13. The molecule has 0 saturated carbocycles. The Balaban J connectivity index is 2.51. The molecule has 1 aliphatic heterocycles. The Hall–Kier alpha value is -0.120. The number of aliphatic hydroxyl groups is 2. The van der Waals surface area contributed by atoms with Crippen molar-refractivity contribution in [2.24, 2.45) is 0 Å². The molecule has 0 bridgehead atoms. The molecule has 0 aromatic carbocycles. The van der Waals surface area contributed by atoms with E-state index in [4.69, 9.17) is 4.74 Å². The van der Waals surface area contributed by atoms with Crippen LogP contribution >= 0.6 is 0 Å². The maximum Gasteiger partial charge on any atom is 0.165 e. The lowest BCUT2D eigenvalue weighted by Crippen LogP contribution is -2.42. The van der Waals surface area contributed by atoms with E-state index in [1.165, 1.54) is 0 Å². The van der Waals surface area contributed by atoms with Crippen molar-refractivity contribution >= 4 is 0 Å². The zero-order valence-electron chi connectivity index (χ0n) is 6.37. The van der Waals surface area contributed by atoms with E-state index in [1.54, 1.807) is 6.92 Å². The number of ether oxygens (including phenoxy) is 1. The average molecular weight is 146 g/mol. The fourth-order valence-corrected chi connectivity index (χ4v) is 1.43. The highest BCUT2D eigenvalue weighted by atomic mass is 16.6. The monoisotopic (exact) mass is 146 g/mol. The Morgan fingerprint density at radius 1 is 1.60 bits per heavy atom. The first-order valence-corrected chi connectivity index (χ1v) is 3.58. The molecule has 1 unspecified atom stereocenters. The molecule has 1 aliphatic rings. The van der Waals surface area contributed by atoms with Crippen molar-refractivity contribution in [1.82, 2.24) is 0 Å².